The van der Waals surface area contributed by atoms with Gasteiger partial charge in [-0.05, 0) is 42.6 Å². The highest BCUT2D eigenvalue weighted by Crippen LogP contribution is 2.38. The van der Waals surface area contributed by atoms with Crippen molar-refractivity contribution in [3.05, 3.63) is 58.6 Å². The average molecular weight is 347 g/mol. The molecule has 4 aromatic rings. The first-order valence-corrected chi connectivity index (χ1v) is 8.13. The quantitative estimate of drug-likeness (QED) is 0.574. The van der Waals surface area contributed by atoms with E-state index >= 15 is 0 Å². The lowest BCUT2D eigenvalue weighted by Gasteiger charge is -2.13. The lowest BCUT2D eigenvalue weighted by molar-refractivity contribution is 0.356. The molecule has 6 heteroatoms. The number of pyridine rings is 3. The van der Waals surface area contributed by atoms with Crippen molar-refractivity contribution in [3.63, 3.8) is 0 Å². The van der Waals surface area contributed by atoms with E-state index in [2.05, 4.69) is 15.0 Å². The number of aromatic amines is 1. The Balaban J connectivity index is 2.24. The molecule has 0 unspecified atom stereocenters. The first-order chi connectivity index (χ1) is 12.6. The Morgan fingerprint density at radius 3 is 2.35 bits per heavy atom. The van der Waals surface area contributed by atoms with Crippen LogP contribution in [-0.2, 0) is 0 Å². The number of H-pyrrole nitrogens is 1. The van der Waals surface area contributed by atoms with Gasteiger partial charge in [0, 0.05) is 22.7 Å². The zero-order valence-corrected chi connectivity index (χ0v) is 14.7. The monoisotopic (exact) mass is 347 g/mol. The predicted octanol–water partition coefficient (Wildman–Crippen LogP) is 3.46. The molecule has 0 aliphatic heterocycles. The van der Waals surface area contributed by atoms with Crippen molar-refractivity contribution in [2.45, 2.75) is 6.92 Å². The third kappa shape index (κ3) is 2.47. The van der Waals surface area contributed by atoms with Crippen molar-refractivity contribution in [2.24, 2.45) is 0 Å². The van der Waals surface area contributed by atoms with Crippen LogP contribution in [0, 0.1) is 6.92 Å². The SMILES string of the molecule is COc1cc2c(-c3ccccn3)nc3c(=O)[nH]c(C)cc3c2cc1OC. The summed E-state index contributed by atoms with van der Waals surface area (Å²) in [5.41, 5.74) is 2.23. The van der Waals surface area contributed by atoms with Gasteiger partial charge in [-0.3, -0.25) is 9.78 Å². The van der Waals surface area contributed by atoms with Crippen LogP contribution in [0.15, 0.2) is 47.4 Å². The van der Waals surface area contributed by atoms with Gasteiger partial charge in [0.05, 0.1) is 25.6 Å². The van der Waals surface area contributed by atoms with Gasteiger partial charge in [-0.2, -0.15) is 0 Å². The van der Waals surface area contributed by atoms with Crippen LogP contribution < -0.4 is 15.0 Å². The highest BCUT2D eigenvalue weighted by atomic mass is 16.5. The molecule has 0 aliphatic rings. The summed E-state index contributed by atoms with van der Waals surface area (Å²) in [5, 5.41) is 2.48. The first-order valence-electron chi connectivity index (χ1n) is 8.13. The molecule has 0 saturated heterocycles. The molecule has 0 fully saturated rings. The number of aromatic nitrogens is 3. The number of rotatable bonds is 3. The summed E-state index contributed by atoms with van der Waals surface area (Å²) >= 11 is 0. The van der Waals surface area contributed by atoms with E-state index in [0.717, 1.165) is 21.9 Å². The van der Waals surface area contributed by atoms with Crippen LogP contribution in [-0.4, -0.2) is 29.2 Å². The standard InChI is InChI=1S/C20H17N3O3/c1-11-8-13-12-9-16(25-2)17(26-3)10-14(12)18(15-6-4-5-7-21-15)23-19(13)20(24)22-11/h4-10H,1-3H3,(H,22,24). The van der Waals surface area contributed by atoms with Crippen molar-refractivity contribution < 1.29 is 9.47 Å². The molecule has 0 amide bonds. The number of nitrogens with zero attached hydrogens (tertiary/aromatic N) is 2. The van der Waals surface area contributed by atoms with E-state index in [-0.39, 0.29) is 5.56 Å². The van der Waals surface area contributed by atoms with E-state index in [9.17, 15) is 4.79 Å². The van der Waals surface area contributed by atoms with E-state index in [1.165, 1.54) is 0 Å². The number of nitrogens with one attached hydrogen (secondary N) is 1. The number of hydrogen-bond acceptors (Lipinski definition) is 5. The molecule has 1 N–H and O–H groups in total. The topological polar surface area (TPSA) is 77.1 Å². The van der Waals surface area contributed by atoms with E-state index in [1.807, 2.05) is 43.3 Å². The van der Waals surface area contributed by atoms with Crippen molar-refractivity contribution in [3.8, 4) is 22.9 Å². The van der Waals surface area contributed by atoms with Gasteiger partial charge in [0.2, 0.25) is 0 Å². The molecule has 0 aliphatic carbocycles. The number of hydrogen-bond donors (Lipinski definition) is 1. The summed E-state index contributed by atoms with van der Waals surface area (Å²) in [5.74, 6) is 1.19. The number of fused-ring (bicyclic) bond motifs is 3. The second-order valence-corrected chi connectivity index (χ2v) is 5.97. The second-order valence-electron chi connectivity index (χ2n) is 5.97. The average Bonchev–Trinajstić information content (AvgIpc) is 2.67. The fourth-order valence-corrected chi connectivity index (χ4v) is 3.17. The maximum absolute atomic E-state index is 12.5. The minimum absolute atomic E-state index is 0.228. The highest BCUT2D eigenvalue weighted by Gasteiger charge is 2.17. The fraction of sp³-hybridized carbons (Fsp3) is 0.150. The smallest absolute Gasteiger partial charge is 0.274 e. The maximum atomic E-state index is 12.5. The van der Waals surface area contributed by atoms with Gasteiger partial charge in [-0.25, -0.2) is 4.98 Å². The summed E-state index contributed by atoms with van der Waals surface area (Å²) in [6.07, 6.45) is 1.70. The first kappa shape index (κ1) is 16.1. The van der Waals surface area contributed by atoms with Gasteiger partial charge in [0.25, 0.3) is 5.56 Å². The lowest BCUT2D eigenvalue weighted by Crippen LogP contribution is -2.10. The Kier molecular flexibility index (Phi) is 3.80. The zero-order chi connectivity index (χ0) is 18.3. The van der Waals surface area contributed by atoms with Crippen LogP contribution >= 0.6 is 0 Å². The largest absolute Gasteiger partial charge is 0.493 e. The van der Waals surface area contributed by atoms with Crippen molar-refractivity contribution in [2.75, 3.05) is 14.2 Å². The van der Waals surface area contributed by atoms with Gasteiger partial charge in [0.15, 0.2) is 11.5 Å². The molecule has 130 valence electrons. The van der Waals surface area contributed by atoms with Gasteiger partial charge in [-0.1, -0.05) is 6.07 Å². The molecule has 0 spiro atoms. The molecular weight excluding hydrogens is 330 g/mol. The second kappa shape index (κ2) is 6.15. The maximum Gasteiger partial charge on any atom is 0.274 e. The molecule has 0 bridgehead atoms. The van der Waals surface area contributed by atoms with Crippen molar-refractivity contribution in [1.29, 1.82) is 0 Å². The van der Waals surface area contributed by atoms with E-state index in [4.69, 9.17) is 9.47 Å². The molecule has 0 radical (unpaired) electrons. The minimum Gasteiger partial charge on any atom is -0.493 e. The normalized spacial score (nSPS) is 11.0. The number of methoxy groups -OCH3 is 2. The Hall–Kier alpha value is -3.41. The molecule has 3 aromatic heterocycles. The third-order valence-electron chi connectivity index (χ3n) is 4.34. The van der Waals surface area contributed by atoms with Gasteiger partial charge in [0.1, 0.15) is 5.52 Å². The third-order valence-corrected chi connectivity index (χ3v) is 4.34. The number of benzene rings is 1. The van der Waals surface area contributed by atoms with Gasteiger partial charge in [-0.15, -0.1) is 0 Å². The van der Waals surface area contributed by atoms with Gasteiger partial charge < -0.3 is 14.5 Å². The van der Waals surface area contributed by atoms with Crippen LogP contribution in [0.25, 0.3) is 33.1 Å². The molecule has 0 saturated carbocycles. The predicted molar refractivity (Wildman–Crippen MR) is 101 cm³/mol. The van der Waals surface area contributed by atoms with E-state index in [1.54, 1.807) is 20.4 Å². The summed E-state index contributed by atoms with van der Waals surface area (Å²) in [6, 6.07) is 11.3. The Bertz CT molecular complexity index is 1180. The summed E-state index contributed by atoms with van der Waals surface area (Å²) in [6.45, 7) is 1.85. The van der Waals surface area contributed by atoms with E-state index in [0.29, 0.717) is 28.4 Å². The number of ether oxygens (including phenoxy) is 2. The zero-order valence-electron chi connectivity index (χ0n) is 14.7. The molecule has 0 atom stereocenters. The van der Waals surface area contributed by atoms with Crippen LogP contribution in [0.4, 0.5) is 0 Å². The molecule has 1 aromatic carbocycles. The molecule has 6 nitrogen and oxygen atoms in total. The Morgan fingerprint density at radius 2 is 1.69 bits per heavy atom. The van der Waals surface area contributed by atoms with Crippen LogP contribution in [0.3, 0.4) is 0 Å². The van der Waals surface area contributed by atoms with Crippen LogP contribution in [0.1, 0.15) is 5.69 Å². The molecular formula is C20H17N3O3. The van der Waals surface area contributed by atoms with Gasteiger partial charge >= 0.3 is 0 Å². The number of aryl methyl sites for hydroxylation is 1. The minimum atomic E-state index is -0.228. The molecule has 4 rings (SSSR count). The van der Waals surface area contributed by atoms with Crippen LogP contribution in [0.2, 0.25) is 0 Å². The highest BCUT2D eigenvalue weighted by molar-refractivity contribution is 6.11. The summed E-state index contributed by atoms with van der Waals surface area (Å²) in [4.78, 5) is 24.4. The summed E-state index contributed by atoms with van der Waals surface area (Å²) < 4.78 is 10.9. The Labute approximate surface area is 149 Å². The summed E-state index contributed by atoms with van der Waals surface area (Å²) in [7, 11) is 3.18. The van der Waals surface area contributed by atoms with Crippen molar-refractivity contribution >= 4 is 21.7 Å². The van der Waals surface area contributed by atoms with Crippen molar-refractivity contribution in [1.82, 2.24) is 15.0 Å². The Morgan fingerprint density at radius 1 is 0.962 bits per heavy atom. The van der Waals surface area contributed by atoms with Crippen LogP contribution in [0.5, 0.6) is 11.5 Å². The molecule has 3 heterocycles. The fourth-order valence-electron chi connectivity index (χ4n) is 3.17. The lowest BCUT2D eigenvalue weighted by atomic mass is 10.0. The van der Waals surface area contributed by atoms with E-state index < -0.39 is 0 Å². The molecule has 26 heavy (non-hydrogen) atoms.